The van der Waals surface area contributed by atoms with Crippen molar-refractivity contribution in [2.24, 2.45) is 0 Å². The van der Waals surface area contributed by atoms with Crippen molar-refractivity contribution < 1.29 is 9.47 Å². The molecule has 108 valence electrons. The molecular weight excluding hydrogens is 288 g/mol. The number of nitriles is 1. The summed E-state index contributed by atoms with van der Waals surface area (Å²) in [6.07, 6.45) is 0. The van der Waals surface area contributed by atoms with E-state index in [-0.39, 0.29) is 0 Å². The molecule has 0 amide bonds. The van der Waals surface area contributed by atoms with Crippen molar-refractivity contribution in [2.45, 2.75) is 6.54 Å². The predicted molar refractivity (Wildman–Crippen MR) is 82.0 cm³/mol. The number of nitrogens with one attached hydrogen (secondary N) is 1. The summed E-state index contributed by atoms with van der Waals surface area (Å²) in [5.74, 6) is 1.48. The van der Waals surface area contributed by atoms with Crippen molar-refractivity contribution in [1.29, 1.82) is 5.26 Å². The lowest BCUT2D eigenvalue weighted by atomic mass is 10.1. The molecule has 1 N–H and O–H groups in total. The second kappa shape index (κ2) is 6.98. The average Bonchev–Trinajstić information content (AvgIpc) is 2.50. The van der Waals surface area contributed by atoms with Crippen LogP contribution in [-0.4, -0.2) is 14.2 Å². The van der Waals surface area contributed by atoms with Gasteiger partial charge in [0.15, 0.2) is 17.2 Å². The van der Waals surface area contributed by atoms with Gasteiger partial charge in [0.2, 0.25) is 0 Å². The fraction of sp³-hybridized carbons (Fsp3) is 0.188. The summed E-state index contributed by atoms with van der Waals surface area (Å²) in [5.41, 5.74) is 1.34. The minimum Gasteiger partial charge on any atom is -0.492 e. The summed E-state index contributed by atoms with van der Waals surface area (Å²) in [6, 6.07) is 12.7. The van der Waals surface area contributed by atoms with Gasteiger partial charge in [-0.2, -0.15) is 5.26 Å². The SMILES string of the molecule is CNCc1cccc(Oc2c(Cl)cccc2C#N)c1OC. The summed E-state index contributed by atoms with van der Waals surface area (Å²) in [6.45, 7) is 0.647. The van der Waals surface area contributed by atoms with Crippen molar-refractivity contribution in [3.63, 3.8) is 0 Å². The molecule has 0 heterocycles. The molecule has 0 aliphatic carbocycles. The van der Waals surface area contributed by atoms with E-state index in [9.17, 15) is 0 Å². The summed E-state index contributed by atoms with van der Waals surface area (Å²) in [7, 11) is 3.44. The average molecular weight is 303 g/mol. The second-order valence-electron chi connectivity index (χ2n) is 4.31. The lowest BCUT2D eigenvalue weighted by molar-refractivity contribution is 0.373. The molecule has 0 aromatic heterocycles. The number of ether oxygens (including phenoxy) is 2. The van der Waals surface area contributed by atoms with Gasteiger partial charge in [0, 0.05) is 12.1 Å². The number of methoxy groups -OCH3 is 1. The minimum atomic E-state index is 0.335. The van der Waals surface area contributed by atoms with Gasteiger partial charge in [0.05, 0.1) is 17.7 Å². The van der Waals surface area contributed by atoms with Gasteiger partial charge in [-0.05, 0) is 25.2 Å². The molecule has 0 radical (unpaired) electrons. The molecule has 0 fully saturated rings. The Hall–Kier alpha value is -2.22. The molecule has 0 aliphatic heterocycles. The predicted octanol–water partition coefficient (Wildman–Crippen LogP) is 3.73. The lowest BCUT2D eigenvalue weighted by Crippen LogP contribution is -2.07. The lowest BCUT2D eigenvalue weighted by Gasteiger charge is -2.15. The highest BCUT2D eigenvalue weighted by molar-refractivity contribution is 6.32. The van der Waals surface area contributed by atoms with Crippen molar-refractivity contribution in [1.82, 2.24) is 5.32 Å². The van der Waals surface area contributed by atoms with Crippen molar-refractivity contribution in [3.8, 4) is 23.3 Å². The monoisotopic (exact) mass is 302 g/mol. The summed E-state index contributed by atoms with van der Waals surface area (Å²) >= 11 is 6.13. The minimum absolute atomic E-state index is 0.335. The van der Waals surface area contributed by atoms with Crippen LogP contribution in [0.15, 0.2) is 36.4 Å². The third-order valence-electron chi connectivity index (χ3n) is 2.93. The van der Waals surface area contributed by atoms with Gasteiger partial charge in [-0.3, -0.25) is 0 Å². The summed E-state index contributed by atoms with van der Waals surface area (Å²) in [5, 5.41) is 12.6. The quantitative estimate of drug-likeness (QED) is 0.914. The van der Waals surface area contributed by atoms with E-state index in [1.54, 1.807) is 31.4 Å². The zero-order valence-corrected chi connectivity index (χ0v) is 12.6. The highest BCUT2D eigenvalue weighted by Crippen LogP contribution is 2.38. The summed E-state index contributed by atoms with van der Waals surface area (Å²) < 4.78 is 11.3. The maximum absolute atomic E-state index is 9.16. The standard InChI is InChI=1S/C16H15ClN2O2/c1-19-10-12-6-4-8-14(16(12)20-2)21-15-11(9-18)5-3-7-13(15)17/h3-8,19H,10H2,1-2H3. The molecule has 0 atom stereocenters. The molecule has 4 nitrogen and oxygen atoms in total. The first kappa shape index (κ1) is 15.2. The number of para-hydroxylation sites is 2. The van der Waals surface area contributed by atoms with Crippen LogP contribution in [0, 0.1) is 11.3 Å². The molecule has 0 saturated heterocycles. The Morgan fingerprint density at radius 1 is 1.19 bits per heavy atom. The number of hydrogen-bond acceptors (Lipinski definition) is 4. The molecule has 0 spiro atoms. The van der Waals surface area contributed by atoms with E-state index >= 15 is 0 Å². The molecule has 0 aliphatic rings. The Bertz CT molecular complexity index is 680. The van der Waals surface area contributed by atoms with Crippen LogP contribution in [0.1, 0.15) is 11.1 Å². The Kier molecular flexibility index (Phi) is 5.04. The largest absolute Gasteiger partial charge is 0.492 e. The van der Waals surface area contributed by atoms with Crippen LogP contribution in [0.2, 0.25) is 5.02 Å². The number of rotatable bonds is 5. The van der Waals surface area contributed by atoms with Crippen molar-refractivity contribution >= 4 is 11.6 Å². The van der Waals surface area contributed by atoms with Crippen LogP contribution in [-0.2, 0) is 6.54 Å². The zero-order chi connectivity index (χ0) is 15.2. The third-order valence-corrected chi connectivity index (χ3v) is 3.23. The van der Waals surface area contributed by atoms with Crippen molar-refractivity contribution in [2.75, 3.05) is 14.2 Å². The van der Waals surface area contributed by atoms with Crippen LogP contribution in [0.25, 0.3) is 0 Å². The summed E-state index contributed by atoms with van der Waals surface area (Å²) in [4.78, 5) is 0. The molecule has 21 heavy (non-hydrogen) atoms. The van der Waals surface area contributed by atoms with Gasteiger partial charge >= 0.3 is 0 Å². The molecule has 2 rings (SSSR count). The van der Waals surface area contributed by atoms with E-state index in [1.165, 1.54) is 0 Å². The number of benzene rings is 2. The van der Waals surface area contributed by atoms with Gasteiger partial charge in [-0.1, -0.05) is 29.8 Å². The van der Waals surface area contributed by atoms with Gasteiger partial charge in [-0.15, -0.1) is 0 Å². The maximum atomic E-state index is 9.16. The van der Waals surface area contributed by atoms with E-state index < -0.39 is 0 Å². The normalized spacial score (nSPS) is 10.0. The molecule has 2 aromatic rings. The van der Waals surface area contributed by atoms with E-state index in [4.69, 9.17) is 26.3 Å². The van der Waals surface area contributed by atoms with Crippen LogP contribution in [0.5, 0.6) is 17.2 Å². The van der Waals surface area contributed by atoms with Gasteiger partial charge in [0.25, 0.3) is 0 Å². The fourth-order valence-electron chi connectivity index (χ4n) is 2.01. The smallest absolute Gasteiger partial charge is 0.169 e. The Balaban J connectivity index is 2.45. The highest BCUT2D eigenvalue weighted by atomic mass is 35.5. The number of nitrogens with zero attached hydrogens (tertiary/aromatic N) is 1. The molecule has 2 aromatic carbocycles. The van der Waals surface area contributed by atoms with E-state index in [2.05, 4.69) is 11.4 Å². The Labute approximate surface area is 128 Å². The zero-order valence-electron chi connectivity index (χ0n) is 11.8. The fourth-order valence-corrected chi connectivity index (χ4v) is 2.23. The maximum Gasteiger partial charge on any atom is 0.169 e. The molecule has 0 bridgehead atoms. The van der Waals surface area contributed by atoms with Crippen LogP contribution in [0.3, 0.4) is 0 Å². The Morgan fingerprint density at radius 3 is 2.62 bits per heavy atom. The number of halogens is 1. The topological polar surface area (TPSA) is 54.3 Å². The van der Waals surface area contributed by atoms with E-state index in [0.717, 1.165) is 5.56 Å². The molecule has 0 unspecified atom stereocenters. The molecule has 5 heteroatoms. The van der Waals surface area contributed by atoms with E-state index in [0.29, 0.717) is 34.4 Å². The second-order valence-corrected chi connectivity index (χ2v) is 4.72. The van der Waals surface area contributed by atoms with Gasteiger partial charge < -0.3 is 14.8 Å². The first-order chi connectivity index (χ1) is 10.2. The highest BCUT2D eigenvalue weighted by Gasteiger charge is 2.14. The molecule has 0 saturated carbocycles. The van der Waals surface area contributed by atoms with Crippen LogP contribution < -0.4 is 14.8 Å². The van der Waals surface area contributed by atoms with Crippen LogP contribution in [0.4, 0.5) is 0 Å². The third kappa shape index (κ3) is 3.27. The first-order valence-electron chi connectivity index (χ1n) is 6.38. The van der Waals surface area contributed by atoms with Gasteiger partial charge in [-0.25, -0.2) is 0 Å². The first-order valence-corrected chi connectivity index (χ1v) is 6.76. The van der Waals surface area contributed by atoms with E-state index in [1.807, 2.05) is 19.2 Å². The van der Waals surface area contributed by atoms with Gasteiger partial charge in [0.1, 0.15) is 6.07 Å². The molecular formula is C16H15ClN2O2. The van der Waals surface area contributed by atoms with Crippen LogP contribution >= 0.6 is 11.6 Å². The Morgan fingerprint density at radius 2 is 1.95 bits per heavy atom. The number of hydrogen-bond donors (Lipinski definition) is 1. The van der Waals surface area contributed by atoms with Crippen molar-refractivity contribution in [3.05, 3.63) is 52.5 Å².